The van der Waals surface area contributed by atoms with Gasteiger partial charge in [-0.05, 0) is 51.1 Å². The van der Waals surface area contributed by atoms with E-state index in [4.69, 9.17) is 4.98 Å². The number of urea groups is 1. The van der Waals surface area contributed by atoms with E-state index in [1.807, 2.05) is 37.8 Å². The molecule has 8 nitrogen and oxygen atoms in total. The molecule has 2 saturated heterocycles. The molecule has 1 aromatic carbocycles. The first-order valence-corrected chi connectivity index (χ1v) is 11.1. The normalized spacial score (nSPS) is 17.7. The van der Waals surface area contributed by atoms with Crippen molar-refractivity contribution in [3.05, 3.63) is 41.1 Å². The van der Waals surface area contributed by atoms with Crippen LogP contribution in [0.25, 0.3) is 0 Å². The van der Waals surface area contributed by atoms with Gasteiger partial charge in [-0.2, -0.15) is 4.98 Å². The zero-order valence-corrected chi connectivity index (χ0v) is 19.1. The van der Waals surface area contributed by atoms with Gasteiger partial charge in [-0.3, -0.25) is 0 Å². The molecule has 4 rings (SSSR count). The molecule has 1 aromatic heterocycles. The molecule has 0 aliphatic carbocycles. The summed E-state index contributed by atoms with van der Waals surface area (Å²) < 4.78 is 0. The van der Waals surface area contributed by atoms with Crippen molar-refractivity contribution >= 4 is 23.5 Å². The number of likely N-dealkylation sites (N-methyl/N-ethyl adjacent to an activating group) is 1. The van der Waals surface area contributed by atoms with Crippen molar-refractivity contribution in [2.24, 2.45) is 0 Å². The second-order valence-corrected chi connectivity index (χ2v) is 8.74. The number of nitrogens with one attached hydrogen (secondary N) is 1. The van der Waals surface area contributed by atoms with Crippen molar-refractivity contribution in [2.75, 3.05) is 74.5 Å². The molecule has 1 N–H and O–H groups in total. The number of nitrogens with zero attached hydrogens (tertiary/aromatic N) is 6. The second kappa shape index (κ2) is 9.09. The van der Waals surface area contributed by atoms with Crippen molar-refractivity contribution in [2.45, 2.75) is 20.8 Å². The number of aromatic nitrogens is 2. The summed E-state index contributed by atoms with van der Waals surface area (Å²) in [5.41, 5.74) is 4.12. The molecule has 31 heavy (non-hydrogen) atoms. The molecule has 0 saturated carbocycles. The van der Waals surface area contributed by atoms with Gasteiger partial charge in [-0.25, -0.2) is 9.78 Å². The zero-order chi connectivity index (χ0) is 22.0. The topological polar surface area (TPSA) is 67.8 Å². The molecule has 2 aliphatic rings. The summed E-state index contributed by atoms with van der Waals surface area (Å²) in [5, 5.41) is 3.04. The van der Waals surface area contributed by atoms with E-state index in [2.05, 4.69) is 44.2 Å². The summed E-state index contributed by atoms with van der Waals surface area (Å²) in [5.74, 6) is 1.77. The first kappa shape index (κ1) is 21.4. The number of rotatable bonds is 3. The third kappa shape index (κ3) is 5.25. The van der Waals surface area contributed by atoms with E-state index in [1.54, 1.807) is 0 Å². The Morgan fingerprint density at radius 1 is 0.806 bits per heavy atom. The SMILES string of the molecule is Cc1cc(C)cc(NC(=O)N2CCN(c3nc(C)cc(N4CCN(C)CC4)n3)CC2)c1. The lowest BCUT2D eigenvalue weighted by atomic mass is 10.1. The molecule has 8 heteroatoms. The summed E-state index contributed by atoms with van der Waals surface area (Å²) in [7, 11) is 2.16. The summed E-state index contributed by atoms with van der Waals surface area (Å²) >= 11 is 0. The van der Waals surface area contributed by atoms with Crippen molar-refractivity contribution in [1.29, 1.82) is 0 Å². The fourth-order valence-corrected chi connectivity index (χ4v) is 4.23. The van der Waals surface area contributed by atoms with Crippen molar-refractivity contribution in [1.82, 2.24) is 19.8 Å². The first-order valence-electron chi connectivity index (χ1n) is 11.1. The van der Waals surface area contributed by atoms with Gasteiger partial charge in [0, 0.05) is 69.8 Å². The predicted octanol–water partition coefficient (Wildman–Crippen LogP) is 2.51. The predicted molar refractivity (Wildman–Crippen MR) is 125 cm³/mol. The number of piperazine rings is 2. The van der Waals surface area contributed by atoms with Crippen molar-refractivity contribution in [3.63, 3.8) is 0 Å². The summed E-state index contributed by atoms with van der Waals surface area (Å²) in [6.07, 6.45) is 0. The number of hydrogen-bond donors (Lipinski definition) is 1. The summed E-state index contributed by atoms with van der Waals surface area (Å²) in [4.78, 5) is 31.0. The lowest BCUT2D eigenvalue weighted by Gasteiger charge is -2.36. The quantitative estimate of drug-likeness (QED) is 0.818. The van der Waals surface area contributed by atoms with Crippen LogP contribution >= 0.6 is 0 Å². The van der Waals surface area contributed by atoms with Gasteiger partial charge in [0.1, 0.15) is 5.82 Å². The number of carbonyl (C=O) groups excluding carboxylic acids is 1. The third-order valence-corrected chi connectivity index (χ3v) is 5.98. The van der Waals surface area contributed by atoms with Crippen LogP contribution in [0.4, 0.5) is 22.2 Å². The molecule has 0 unspecified atom stereocenters. The molecular formula is C23H33N7O. The minimum absolute atomic E-state index is 0.0482. The molecule has 2 aromatic rings. The Kier molecular flexibility index (Phi) is 6.27. The van der Waals surface area contributed by atoms with Crippen LogP contribution in [0, 0.1) is 20.8 Å². The van der Waals surface area contributed by atoms with Crippen LogP contribution in [0.3, 0.4) is 0 Å². The lowest BCUT2D eigenvalue weighted by molar-refractivity contribution is 0.208. The van der Waals surface area contributed by atoms with E-state index >= 15 is 0 Å². The molecule has 2 fully saturated rings. The van der Waals surface area contributed by atoms with Crippen LogP contribution in [0.15, 0.2) is 24.3 Å². The maximum absolute atomic E-state index is 12.7. The molecule has 0 radical (unpaired) electrons. The number of carbonyl (C=O) groups is 1. The fraction of sp³-hybridized carbons (Fsp3) is 0.522. The van der Waals surface area contributed by atoms with Gasteiger partial charge in [0.25, 0.3) is 0 Å². The van der Waals surface area contributed by atoms with Crippen LogP contribution in [0.5, 0.6) is 0 Å². The minimum atomic E-state index is -0.0482. The average molecular weight is 424 g/mol. The molecule has 0 atom stereocenters. The van der Waals surface area contributed by atoms with E-state index in [9.17, 15) is 4.79 Å². The molecule has 2 amide bonds. The monoisotopic (exact) mass is 423 g/mol. The highest BCUT2D eigenvalue weighted by molar-refractivity contribution is 5.89. The van der Waals surface area contributed by atoms with E-state index < -0.39 is 0 Å². The van der Waals surface area contributed by atoms with Gasteiger partial charge in [0.15, 0.2) is 0 Å². The number of hydrogen-bond acceptors (Lipinski definition) is 6. The van der Waals surface area contributed by atoms with E-state index in [0.29, 0.717) is 13.1 Å². The van der Waals surface area contributed by atoms with Crippen LogP contribution in [-0.4, -0.2) is 85.2 Å². The van der Waals surface area contributed by atoms with Crippen LogP contribution < -0.4 is 15.1 Å². The van der Waals surface area contributed by atoms with Crippen LogP contribution in [0.2, 0.25) is 0 Å². The molecule has 2 aliphatic heterocycles. The maximum Gasteiger partial charge on any atom is 0.321 e. The van der Waals surface area contributed by atoms with E-state index in [-0.39, 0.29) is 6.03 Å². The standard InChI is InChI=1S/C23H33N7O/c1-17-13-18(2)15-20(14-17)25-23(31)30-11-9-29(10-12-30)22-24-19(3)16-21(26-22)28-7-5-27(4)6-8-28/h13-16H,5-12H2,1-4H3,(H,25,31). The molecule has 166 valence electrons. The van der Waals surface area contributed by atoms with Gasteiger partial charge in [-0.15, -0.1) is 0 Å². The minimum Gasteiger partial charge on any atom is -0.354 e. The number of anilines is 3. The maximum atomic E-state index is 12.7. The van der Waals surface area contributed by atoms with Crippen LogP contribution in [0.1, 0.15) is 16.8 Å². The molecular weight excluding hydrogens is 390 g/mol. The van der Waals surface area contributed by atoms with Crippen LogP contribution in [-0.2, 0) is 0 Å². The van der Waals surface area contributed by atoms with Crippen molar-refractivity contribution < 1.29 is 4.79 Å². The van der Waals surface area contributed by atoms with Crippen molar-refractivity contribution in [3.8, 4) is 0 Å². The Morgan fingerprint density at radius 3 is 2.06 bits per heavy atom. The number of aryl methyl sites for hydroxylation is 3. The third-order valence-electron chi connectivity index (χ3n) is 5.98. The highest BCUT2D eigenvalue weighted by Crippen LogP contribution is 2.20. The van der Waals surface area contributed by atoms with Gasteiger partial charge in [0.05, 0.1) is 0 Å². The largest absolute Gasteiger partial charge is 0.354 e. The Labute approximate surface area is 184 Å². The smallest absolute Gasteiger partial charge is 0.321 e. The fourth-order valence-electron chi connectivity index (χ4n) is 4.23. The first-order chi connectivity index (χ1) is 14.9. The summed E-state index contributed by atoms with van der Waals surface area (Å²) in [6.45, 7) is 12.9. The molecule has 0 spiro atoms. The van der Waals surface area contributed by atoms with Gasteiger partial charge in [-0.1, -0.05) is 6.07 Å². The number of benzene rings is 1. The summed E-state index contributed by atoms with van der Waals surface area (Å²) in [6, 6.07) is 8.13. The highest BCUT2D eigenvalue weighted by atomic mass is 16.2. The lowest BCUT2D eigenvalue weighted by Crippen LogP contribution is -2.50. The Bertz CT molecular complexity index is 911. The molecule has 0 bridgehead atoms. The Balaban J connectivity index is 1.37. The number of amides is 2. The van der Waals surface area contributed by atoms with Gasteiger partial charge in [0.2, 0.25) is 5.95 Å². The zero-order valence-electron chi connectivity index (χ0n) is 19.1. The average Bonchev–Trinajstić information content (AvgIpc) is 2.73. The highest BCUT2D eigenvalue weighted by Gasteiger charge is 2.24. The molecule has 3 heterocycles. The second-order valence-electron chi connectivity index (χ2n) is 8.74. The van der Waals surface area contributed by atoms with Gasteiger partial charge < -0.3 is 24.9 Å². The Hall–Kier alpha value is -2.87. The van der Waals surface area contributed by atoms with E-state index in [1.165, 1.54) is 0 Å². The van der Waals surface area contributed by atoms with Gasteiger partial charge >= 0.3 is 6.03 Å². The Morgan fingerprint density at radius 2 is 1.42 bits per heavy atom. The van der Waals surface area contributed by atoms with E-state index in [0.717, 1.165) is 73.5 Å².